The molecule has 0 amide bonds. The number of hydrogen-bond acceptors (Lipinski definition) is 2. The van der Waals surface area contributed by atoms with Gasteiger partial charge in [0.2, 0.25) is 5.67 Å². The van der Waals surface area contributed by atoms with Crippen LogP contribution in [0.2, 0.25) is 0 Å². The molecule has 1 aliphatic carbocycles. The van der Waals surface area contributed by atoms with E-state index in [1.807, 2.05) is 0 Å². The van der Waals surface area contributed by atoms with Gasteiger partial charge in [0.15, 0.2) is 0 Å². The van der Waals surface area contributed by atoms with E-state index in [0.717, 1.165) is 0 Å². The predicted octanol–water partition coefficient (Wildman–Crippen LogP) is 1.93. The van der Waals surface area contributed by atoms with Crippen LogP contribution in [-0.4, -0.2) is 18.7 Å². The number of rotatable bonds is 1. The molecule has 0 spiro atoms. The van der Waals surface area contributed by atoms with Crippen molar-refractivity contribution in [2.24, 2.45) is 10.8 Å². The monoisotopic (exact) mass is 174 g/mol. The second kappa shape index (κ2) is 2.01. The second-order valence-corrected chi connectivity index (χ2v) is 4.40. The molecule has 0 aromatic carbocycles. The summed E-state index contributed by atoms with van der Waals surface area (Å²) in [5.74, 6) is -0.752. The fourth-order valence-corrected chi connectivity index (χ4v) is 1.89. The maximum Gasteiger partial charge on any atom is 0.344 e. The number of carbonyl (C=O) groups is 1. The van der Waals surface area contributed by atoms with Crippen LogP contribution < -0.4 is 0 Å². The summed E-state index contributed by atoms with van der Waals surface area (Å²) in [4.78, 5) is 11.1. The molecule has 0 bridgehead atoms. The summed E-state index contributed by atoms with van der Waals surface area (Å²) in [6.07, 6.45) is 0. The summed E-state index contributed by atoms with van der Waals surface area (Å²) in [5.41, 5.74) is -3.05. The lowest BCUT2D eigenvalue weighted by Gasteiger charge is -2.07. The van der Waals surface area contributed by atoms with Crippen LogP contribution in [0.5, 0.6) is 0 Å². The minimum absolute atomic E-state index is 0.618. The van der Waals surface area contributed by atoms with Crippen molar-refractivity contribution in [2.75, 3.05) is 7.11 Å². The molecule has 0 heterocycles. The number of esters is 1. The predicted molar refractivity (Wildman–Crippen MR) is 43.4 cm³/mol. The largest absolute Gasteiger partial charge is 0.467 e. The van der Waals surface area contributed by atoms with Gasteiger partial charge in [0.1, 0.15) is 0 Å². The van der Waals surface area contributed by atoms with Crippen molar-refractivity contribution in [1.29, 1.82) is 0 Å². The van der Waals surface area contributed by atoms with Gasteiger partial charge in [0.25, 0.3) is 0 Å². The molecule has 12 heavy (non-hydrogen) atoms. The fourth-order valence-electron chi connectivity index (χ4n) is 1.89. The molecular weight excluding hydrogens is 159 g/mol. The first kappa shape index (κ1) is 9.49. The van der Waals surface area contributed by atoms with Crippen LogP contribution in [0.15, 0.2) is 0 Å². The fraction of sp³-hybridized carbons (Fsp3) is 0.889. The first-order valence-electron chi connectivity index (χ1n) is 4.01. The van der Waals surface area contributed by atoms with Crippen LogP contribution in [0.3, 0.4) is 0 Å². The van der Waals surface area contributed by atoms with Gasteiger partial charge in [0, 0.05) is 10.8 Å². The molecule has 0 aliphatic heterocycles. The van der Waals surface area contributed by atoms with E-state index in [2.05, 4.69) is 4.74 Å². The molecule has 1 saturated carbocycles. The Morgan fingerprint density at radius 1 is 1.17 bits per heavy atom. The Hall–Kier alpha value is -0.600. The Bertz CT molecular complexity index is 217. The number of methoxy groups -OCH3 is 1. The van der Waals surface area contributed by atoms with Gasteiger partial charge in [-0.25, -0.2) is 9.18 Å². The van der Waals surface area contributed by atoms with E-state index in [9.17, 15) is 9.18 Å². The molecule has 3 heteroatoms. The van der Waals surface area contributed by atoms with E-state index in [0.29, 0.717) is 0 Å². The van der Waals surface area contributed by atoms with Gasteiger partial charge in [0.05, 0.1) is 7.11 Å². The summed E-state index contributed by atoms with van der Waals surface area (Å²) < 4.78 is 18.4. The highest BCUT2D eigenvalue weighted by Gasteiger charge is 2.84. The highest BCUT2D eigenvalue weighted by Crippen LogP contribution is 2.73. The van der Waals surface area contributed by atoms with E-state index in [1.54, 1.807) is 27.7 Å². The molecule has 0 aromatic rings. The van der Waals surface area contributed by atoms with Crippen molar-refractivity contribution < 1.29 is 13.9 Å². The smallest absolute Gasteiger partial charge is 0.344 e. The van der Waals surface area contributed by atoms with Crippen molar-refractivity contribution in [3.63, 3.8) is 0 Å². The van der Waals surface area contributed by atoms with Crippen LogP contribution >= 0.6 is 0 Å². The van der Waals surface area contributed by atoms with Gasteiger partial charge in [-0.1, -0.05) is 27.7 Å². The van der Waals surface area contributed by atoms with E-state index in [-0.39, 0.29) is 0 Å². The zero-order chi connectivity index (χ0) is 9.78. The third kappa shape index (κ3) is 0.632. The lowest BCUT2D eigenvalue weighted by molar-refractivity contribution is -0.151. The summed E-state index contributed by atoms with van der Waals surface area (Å²) >= 11 is 0. The minimum atomic E-state index is -1.81. The molecule has 1 fully saturated rings. The molecule has 0 aromatic heterocycles. The first-order valence-corrected chi connectivity index (χ1v) is 4.01. The van der Waals surface area contributed by atoms with Crippen molar-refractivity contribution >= 4 is 5.97 Å². The number of carbonyl (C=O) groups excluding carboxylic acids is 1. The first-order chi connectivity index (χ1) is 5.23. The van der Waals surface area contributed by atoms with Gasteiger partial charge in [-0.05, 0) is 0 Å². The quantitative estimate of drug-likeness (QED) is 0.568. The second-order valence-electron chi connectivity index (χ2n) is 4.40. The van der Waals surface area contributed by atoms with Gasteiger partial charge in [-0.15, -0.1) is 0 Å². The average molecular weight is 174 g/mol. The van der Waals surface area contributed by atoms with Crippen LogP contribution in [-0.2, 0) is 9.53 Å². The topological polar surface area (TPSA) is 26.3 Å². The SMILES string of the molecule is COC(=O)C1(F)C(C)(C)C1(C)C. The summed E-state index contributed by atoms with van der Waals surface area (Å²) in [6.45, 7) is 6.96. The summed E-state index contributed by atoms with van der Waals surface area (Å²) in [6, 6.07) is 0. The Kier molecular flexibility index (Phi) is 1.59. The van der Waals surface area contributed by atoms with Gasteiger partial charge in [-0.2, -0.15) is 0 Å². The van der Waals surface area contributed by atoms with Gasteiger partial charge >= 0.3 is 5.97 Å². The average Bonchev–Trinajstić information content (AvgIpc) is 2.28. The molecule has 2 nitrogen and oxygen atoms in total. The highest BCUT2D eigenvalue weighted by atomic mass is 19.1. The van der Waals surface area contributed by atoms with Crippen LogP contribution in [0.4, 0.5) is 4.39 Å². The minimum Gasteiger partial charge on any atom is -0.467 e. The summed E-state index contributed by atoms with van der Waals surface area (Å²) in [7, 11) is 1.22. The van der Waals surface area contributed by atoms with E-state index < -0.39 is 22.5 Å². The highest BCUT2D eigenvalue weighted by molar-refractivity contribution is 5.87. The van der Waals surface area contributed by atoms with Crippen LogP contribution in [0, 0.1) is 10.8 Å². The van der Waals surface area contributed by atoms with Crippen molar-refractivity contribution in [3.8, 4) is 0 Å². The van der Waals surface area contributed by atoms with Gasteiger partial charge in [-0.3, -0.25) is 0 Å². The van der Waals surface area contributed by atoms with Crippen LogP contribution in [0.25, 0.3) is 0 Å². The van der Waals surface area contributed by atoms with E-state index in [4.69, 9.17) is 0 Å². The third-order valence-electron chi connectivity index (χ3n) is 3.69. The van der Waals surface area contributed by atoms with Gasteiger partial charge < -0.3 is 4.74 Å². The zero-order valence-electron chi connectivity index (χ0n) is 8.19. The summed E-state index contributed by atoms with van der Waals surface area (Å²) in [5, 5.41) is 0. The molecule has 70 valence electrons. The normalized spacial score (nSPS) is 27.8. The Morgan fingerprint density at radius 2 is 1.50 bits per heavy atom. The standard InChI is InChI=1S/C9H15FO2/c1-7(2)8(3,4)9(7,10)6(11)12-5/h1-5H3. The maximum atomic E-state index is 14.0. The molecule has 0 saturated heterocycles. The lowest BCUT2D eigenvalue weighted by atomic mass is 10.0. The molecule has 0 N–H and O–H groups in total. The Balaban J connectivity index is 3.00. The Labute approximate surface area is 72.1 Å². The van der Waals surface area contributed by atoms with Crippen molar-refractivity contribution in [1.82, 2.24) is 0 Å². The number of ether oxygens (including phenoxy) is 1. The van der Waals surface area contributed by atoms with Crippen molar-refractivity contribution in [3.05, 3.63) is 0 Å². The molecule has 0 atom stereocenters. The molecule has 1 aliphatic rings. The third-order valence-corrected chi connectivity index (χ3v) is 3.69. The van der Waals surface area contributed by atoms with Crippen LogP contribution in [0.1, 0.15) is 27.7 Å². The molecular formula is C9H15FO2. The van der Waals surface area contributed by atoms with Crippen molar-refractivity contribution in [2.45, 2.75) is 33.4 Å². The number of hydrogen-bond donors (Lipinski definition) is 0. The maximum absolute atomic E-state index is 14.0. The Morgan fingerprint density at radius 3 is 1.58 bits per heavy atom. The lowest BCUT2D eigenvalue weighted by Crippen LogP contribution is -2.26. The molecule has 0 unspecified atom stereocenters. The molecule has 1 rings (SSSR count). The van der Waals surface area contributed by atoms with E-state index in [1.165, 1.54) is 7.11 Å². The zero-order valence-corrected chi connectivity index (χ0v) is 8.19. The number of halogens is 1. The number of alkyl halides is 1. The molecule has 0 radical (unpaired) electrons. The van der Waals surface area contributed by atoms with E-state index >= 15 is 0 Å².